The van der Waals surface area contributed by atoms with Crippen molar-refractivity contribution in [2.24, 2.45) is 0 Å². The molecule has 1 aromatic carbocycles. The molecule has 1 aromatic rings. The lowest BCUT2D eigenvalue weighted by Gasteiger charge is -2.39. The molecule has 10 nitrogen and oxygen atoms in total. The molecule has 1 heterocycles. The number of aliphatic hydroxyl groups is 4. The summed E-state index contributed by atoms with van der Waals surface area (Å²) in [6.07, 6.45) is -7.52. The normalized spacial score (nSPS) is 29.1. The van der Waals surface area contributed by atoms with Crippen molar-refractivity contribution < 1.29 is 49.3 Å². The lowest BCUT2D eigenvalue weighted by atomic mass is 9.99. The highest BCUT2D eigenvalue weighted by Crippen LogP contribution is 2.39. The minimum atomic E-state index is -1.66. The van der Waals surface area contributed by atoms with Crippen molar-refractivity contribution in [1.82, 2.24) is 0 Å². The van der Waals surface area contributed by atoms with Gasteiger partial charge in [-0.05, 0) is 12.1 Å². The van der Waals surface area contributed by atoms with Crippen LogP contribution in [-0.2, 0) is 9.47 Å². The molecule has 1 aliphatic rings. The maximum atomic E-state index is 11.7. The molecule has 1 aliphatic heterocycles. The topological polar surface area (TPSA) is 155 Å². The van der Waals surface area contributed by atoms with E-state index >= 15 is 0 Å². The second kappa shape index (κ2) is 7.85. The van der Waals surface area contributed by atoms with Crippen LogP contribution in [0.25, 0.3) is 0 Å². The summed E-state index contributed by atoms with van der Waals surface area (Å²) >= 11 is 0. The van der Waals surface area contributed by atoms with Gasteiger partial charge in [-0.3, -0.25) is 0 Å². The molecule has 5 N–H and O–H groups in total. The fourth-order valence-corrected chi connectivity index (χ4v) is 2.41. The summed E-state index contributed by atoms with van der Waals surface area (Å²) < 4.78 is 20.2. The number of ether oxygens (including phenoxy) is 4. The van der Waals surface area contributed by atoms with Gasteiger partial charge in [-0.25, -0.2) is 4.79 Å². The average Bonchev–Trinajstić information content (AvgIpc) is 2.61. The van der Waals surface area contributed by atoms with Gasteiger partial charge in [0.05, 0.1) is 26.4 Å². The van der Waals surface area contributed by atoms with Gasteiger partial charge >= 0.3 is 5.97 Å². The molecule has 10 heteroatoms. The number of hydrogen-bond donors (Lipinski definition) is 5. The Morgan fingerprint density at radius 2 is 1.84 bits per heavy atom. The number of carbonyl (C=O) groups is 1. The molecule has 5 atom stereocenters. The summed E-state index contributed by atoms with van der Waals surface area (Å²) in [4.78, 5) is 11.7. The van der Waals surface area contributed by atoms with Crippen LogP contribution in [0.5, 0.6) is 17.2 Å². The molecule has 0 aliphatic carbocycles. The SMILES string of the molecule is COC(=O)c1cc(O)c(OC)c(OC2OC(CO)C(O)C(O)C2O)c1. The first-order valence-corrected chi connectivity index (χ1v) is 7.30. The Morgan fingerprint density at radius 1 is 1.16 bits per heavy atom. The van der Waals surface area contributed by atoms with Crippen molar-refractivity contribution in [2.45, 2.75) is 30.7 Å². The molecular formula is C15H20O10. The Kier molecular flexibility index (Phi) is 6.03. The number of carbonyl (C=O) groups excluding carboxylic acids is 1. The number of phenolic OH excluding ortho intramolecular Hbond substituents is 1. The van der Waals surface area contributed by atoms with E-state index < -0.39 is 49.0 Å². The minimum Gasteiger partial charge on any atom is -0.504 e. The van der Waals surface area contributed by atoms with Crippen LogP contribution in [0.2, 0.25) is 0 Å². The van der Waals surface area contributed by atoms with Gasteiger partial charge in [-0.2, -0.15) is 0 Å². The molecule has 25 heavy (non-hydrogen) atoms. The van der Waals surface area contributed by atoms with Gasteiger partial charge in [0, 0.05) is 0 Å². The molecule has 0 radical (unpaired) electrons. The first-order valence-electron chi connectivity index (χ1n) is 7.30. The van der Waals surface area contributed by atoms with Crippen LogP contribution in [0.4, 0.5) is 0 Å². The fraction of sp³-hybridized carbons (Fsp3) is 0.533. The smallest absolute Gasteiger partial charge is 0.338 e. The Bertz CT molecular complexity index is 617. The average molecular weight is 360 g/mol. The maximum Gasteiger partial charge on any atom is 0.338 e. The summed E-state index contributed by atoms with van der Waals surface area (Å²) in [7, 11) is 2.40. The highest BCUT2D eigenvalue weighted by atomic mass is 16.7. The van der Waals surface area contributed by atoms with E-state index in [0.29, 0.717) is 0 Å². The largest absolute Gasteiger partial charge is 0.504 e. The summed E-state index contributed by atoms with van der Waals surface area (Å²) in [6.45, 7) is -0.630. The predicted molar refractivity (Wildman–Crippen MR) is 80.4 cm³/mol. The zero-order chi connectivity index (χ0) is 18.7. The van der Waals surface area contributed by atoms with E-state index in [1.807, 2.05) is 0 Å². The molecule has 1 fully saturated rings. The molecule has 0 saturated carbocycles. The van der Waals surface area contributed by atoms with Crippen molar-refractivity contribution in [1.29, 1.82) is 0 Å². The number of hydrogen-bond acceptors (Lipinski definition) is 10. The van der Waals surface area contributed by atoms with E-state index in [4.69, 9.17) is 14.2 Å². The number of esters is 1. The number of rotatable bonds is 5. The first kappa shape index (κ1) is 19.2. The van der Waals surface area contributed by atoms with Gasteiger partial charge in [-0.15, -0.1) is 0 Å². The Morgan fingerprint density at radius 3 is 2.40 bits per heavy atom. The lowest BCUT2D eigenvalue weighted by Crippen LogP contribution is -2.60. The van der Waals surface area contributed by atoms with Crippen LogP contribution in [0.3, 0.4) is 0 Å². The molecule has 1 saturated heterocycles. The third-order valence-corrected chi connectivity index (χ3v) is 3.75. The van der Waals surface area contributed by atoms with Crippen molar-refractivity contribution >= 4 is 5.97 Å². The van der Waals surface area contributed by atoms with E-state index in [2.05, 4.69) is 4.74 Å². The van der Waals surface area contributed by atoms with E-state index in [1.54, 1.807) is 0 Å². The van der Waals surface area contributed by atoms with Crippen LogP contribution in [0, 0.1) is 0 Å². The second-order valence-electron chi connectivity index (χ2n) is 5.33. The van der Waals surface area contributed by atoms with Crippen molar-refractivity contribution in [3.8, 4) is 17.2 Å². The van der Waals surface area contributed by atoms with E-state index in [-0.39, 0.29) is 17.1 Å². The number of phenols is 1. The molecular weight excluding hydrogens is 340 g/mol. The molecule has 0 bridgehead atoms. The minimum absolute atomic E-state index is 0.0552. The lowest BCUT2D eigenvalue weighted by molar-refractivity contribution is -0.277. The van der Waals surface area contributed by atoms with Crippen molar-refractivity contribution in [2.75, 3.05) is 20.8 Å². The highest BCUT2D eigenvalue weighted by molar-refractivity contribution is 5.91. The summed E-state index contributed by atoms with van der Waals surface area (Å²) in [5.74, 6) is -1.50. The zero-order valence-electron chi connectivity index (χ0n) is 13.5. The quantitative estimate of drug-likeness (QED) is 0.386. The van der Waals surface area contributed by atoms with Crippen LogP contribution >= 0.6 is 0 Å². The van der Waals surface area contributed by atoms with E-state index in [0.717, 1.165) is 13.2 Å². The second-order valence-corrected chi connectivity index (χ2v) is 5.33. The third kappa shape index (κ3) is 3.78. The molecule has 140 valence electrons. The standard InChI is InChI=1S/C15H20O10/c1-22-13-7(17)3-6(14(21)23-2)4-8(13)24-15-12(20)11(19)10(18)9(5-16)25-15/h3-4,9-12,15-20H,5H2,1-2H3. The predicted octanol–water partition coefficient (Wildman–Crippen LogP) is -1.63. The molecule has 0 spiro atoms. The number of methoxy groups -OCH3 is 2. The Balaban J connectivity index is 2.34. The van der Waals surface area contributed by atoms with E-state index in [1.165, 1.54) is 13.2 Å². The number of aromatic hydroxyl groups is 1. The van der Waals surface area contributed by atoms with Crippen LogP contribution < -0.4 is 9.47 Å². The van der Waals surface area contributed by atoms with Crippen molar-refractivity contribution in [3.63, 3.8) is 0 Å². The molecule has 2 rings (SSSR count). The summed E-state index contributed by atoms with van der Waals surface area (Å²) in [5.41, 5.74) is -0.0552. The van der Waals surface area contributed by atoms with Crippen molar-refractivity contribution in [3.05, 3.63) is 17.7 Å². The van der Waals surface area contributed by atoms with Crippen LogP contribution in [0.1, 0.15) is 10.4 Å². The Hall–Kier alpha value is -2.11. The highest BCUT2D eigenvalue weighted by Gasteiger charge is 2.45. The molecule has 0 aromatic heterocycles. The van der Waals surface area contributed by atoms with Gasteiger partial charge < -0.3 is 44.5 Å². The van der Waals surface area contributed by atoms with Crippen LogP contribution in [0.15, 0.2) is 12.1 Å². The van der Waals surface area contributed by atoms with Crippen LogP contribution in [-0.4, -0.2) is 83.0 Å². The van der Waals surface area contributed by atoms with Gasteiger partial charge in [0.2, 0.25) is 12.0 Å². The summed E-state index contributed by atoms with van der Waals surface area (Å²) in [5, 5.41) is 48.7. The first-order chi connectivity index (χ1) is 11.8. The number of aliphatic hydroxyl groups excluding tert-OH is 4. The number of benzene rings is 1. The molecule has 0 amide bonds. The maximum absolute atomic E-state index is 11.7. The van der Waals surface area contributed by atoms with E-state index in [9.17, 15) is 30.3 Å². The Labute approximate surface area is 142 Å². The fourth-order valence-electron chi connectivity index (χ4n) is 2.41. The molecule has 5 unspecified atom stereocenters. The van der Waals surface area contributed by atoms with Gasteiger partial charge in [0.25, 0.3) is 0 Å². The van der Waals surface area contributed by atoms with Gasteiger partial charge in [-0.1, -0.05) is 0 Å². The van der Waals surface area contributed by atoms with Gasteiger partial charge in [0.1, 0.15) is 24.4 Å². The summed E-state index contributed by atoms with van der Waals surface area (Å²) in [6, 6.07) is 2.29. The monoisotopic (exact) mass is 360 g/mol. The zero-order valence-corrected chi connectivity index (χ0v) is 13.5. The van der Waals surface area contributed by atoms with Gasteiger partial charge in [0.15, 0.2) is 11.5 Å². The third-order valence-electron chi connectivity index (χ3n) is 3.75.